The van der Waals surface area contributed by atoms with Gasteiger partial charge in [-0.3, -0.25) is 14.3 Å². The van der Waals surface area contributed by atoms with Crippen LogP contribution in [-0.4, -0.2) is 53.2 Å². The van der Waals surface area contributed by atoms with Crippen molar-refractivity contribution in [1.82, 2.24) is 14.7 Å². The van der Waals surface area contributed by atoms with E-state index in [0.717, 1.165) is 11.3 Å². The van der Waals surface area contributed by atoms with E-state index in [2.05, 4.69) is 10.4 Å². The second kappa shape index (κ2) is 8.53. The van der Waals surface area contributed by atoms with E-state index >= 15 is 0 Å². The van der Waals surface area contributed by atoms with E-state index in [-0.39, 0.29) is 33.8 Å². The molecule has 0 aliphatic rings. The molecule has 0 radical (unpaired) electrons. The van der Waals surface area contributed by atoms with Crippen molar-refractivity contribution >= 4 is 45.7 Å². The number of ether oxygens (including phenoxy) is 1. The van der Waals surface area contributed by atoms with E-state index in [4.69, 9.17) is 16.3 Å². The summed E-state index contributed by atoms with van der Waals surface area (Å²) in [5.41, 5.74) is 0.653. The van der Waals surface area contributed by atoms with Gasteiger partial charge in [-0.25, -0.2) is 4.79 Å². The van der Waals surface area contributed by atoms with Crippen LogP contribution < -0.4 is 5.32 Å². The molecule has 27 heavy (non-hydrogen) atoms. The Kier molecular flexibility index (Phi) is 6.61. The summed E-state index contributed by atoms with van der Waals surface area (Å²) in [5.74, 6) is -1.43. The molecule has 1 N–H and O–H groups in total. The third-order valence-corrected chi connectivity index (χ3v) is 5.09. The molecule has 8 nitrogen and oxygen atoms in total. The maximum Gasteiger partial charge on any atom is 0.341 e. The van der Waals surface area contributed by atoms with Gasteiger partial charge in [0.1, 0.15) is 5.00 Å². The molecule has 0 bridgehead atoms. The highest BCUT2D eigenvalue weighted by molar-refractivity contribution is 7.18. The quantitative estimate of drug-likeness (QED) is 0.736. The minimum absolute atomic E-state index is 0.0265. The molecule has 2 amide bonds. The largest absolute Gasteiger partial charge is 0.462 e. The first kappa shape index (κ1) is 20.9. The number of aromatic nitrogens is 2. The van der Waals surface area contributed by atoms with Crippen molar-refractivity contribution < 1.29 is 19.1 Å². The number of rotatable bonds is 6. The Bertz CT molecular complexity index is 888. The van der Waals surface area contributed by atoms with Gasteiger partial charge in [0.25, 0.3) is 11.8 Å². The third kappa shape index (κ3) is 4.48. The second-order valence-corrected chi connectivity index (χ2v) is 7.48. The van der Waals surface area contributed by atoms with Gasteiger partial charge in [-0.15, -0.1) is 11.3 Å². The summed E-state index contributed by atoms with van der Waals surface area (Å²) in [6.45, 7) is 3.77. The van der Waals surface area contributed by atoms with Gasteiger partial charge in [-0.1, -0.05) is 18.5 Å². The summed E-state index contributed by atoms with van der Waals surface area (Å²) in [7, 11) is 4.87. The fraction of sp³-hybridized carbons (Fsp3) is 0.412. The molecule has 0 saturated carbocycles. The molecule has 0 fully saturated rings. The summed E-state index contributed by atoms with van der Waals surface area (Å²) < 4.78 is 6.62. The lowest BCUT2D eigenvalue weighted by Gasteiger charge is -2.09. The van der Waals surface area contributed by atoms with Crippen molar-refractivity contribution in [3.8, 4) is 0 Å². The molecule has 0 aromatic carbocycles. The molecule has 0 saturated heterocycles. The third-order valence-electron chi connectivity index (χ3n) is 3.61. The van der Waals surface area contributed by atoms with Crippen LogP contribution in [0.3, 0.4) is 0 Å². The zero-order valence-corrected chi connectivity index (χ0v) is 17.3. The highest BCUT2D eigenvalue weighted by Gasteiger charge is 2.28. The van der Waals surface area contributed by atoms with Crippen LogP contribution in [0.25, 0.3) is 0 Å². The molecular weight excluding hydrogens is 392 g/mol. The number of halogens is 1. The Labute approximate surface area is 166 Å². The Morgan fingerprint density at radius 3 is 2.56 bits per heavy atom. The molecule has 0 aliphatic heterocycles. The van der Waals surface area contributed by atoms with Gasteiger partial charge in [0, 0.05) is 27.3 Å². The molecule has 0 unspecified atom stereocenters. The van der Waals surface area contributed by atoms with E-state index < -0.39 is 11.9 Å². The number of aryl methyl sites for hydroxylation is 1. The number of amides is 2. The van der Waals surface area contributed by atoms with Gasteiger partial charge in [-0.05, 0) is 18.9 Å². The highest BCUT2D eigenvalue weighted by Crippen LogP contribution is 2.35. The van der Waals surface area contributed by atoms with Gasteiger partial charge in [-0.2, -0.15) is 5.10 Å². The standard InChI is InChI=1S/C17H21ClN4O4S/c1-6-7-26-17(25)11-9(2)13(16(24)21(3)4)27-15(11)19-14(23)12-10(18)8-22(5)20-12/h8H,6-7H2,1-5H3,(H,19,23). The Hall–Kier alpha value is -2.39. The topological polar surface area (TPSA) is 93.5 Å². The average molecular weight is 413 g/mol. The van der Waals surface area contributed by atoms with Gasteiger partial charge >= 0.3 is 5.97 Å². The Morgan fingerprint density at radius 1 is 1.37 bits per heavy atom. The predicted octanol–water partition coefficient (Wildman–Crippen LogP) is 2.96. The van der Waals surface area contributed by atoms with Crippen LogP contribution in [0.2, 0.25) is 5.02 Å². The average Bonchev–Trinajstić information content (AvgIpc) is 3.10. The van der Waals surface area contributed by atoms with Crippen molar-refractivity contribution in [2.24, 2.45) is 7.05 Å². The lowest BCUT2D eigenvalue weighted by atomic mass is 10.1. The fourth-order valence-electron chi connectivity index (χ4n) is 2.30. The zero-order chi connectivity index (χ0) is 20.3. The lowest BCUT2D eigenvalue weighted by molar-refractivity contribution is 0.0506. The summed E-state index contributed by atoms with van der Waals surface area (Å²) in [5, 5.41) is 7.06. The van der Waals surface area contributed by atoms with Crippen molar-refractivity contribution in [1.29, 1.82) is 0 Å². The first-order valence-corrected chi connectivity index (χ1v) is 9.39. The molecule has 2 heterocycles. The van der Waals surface area contributed by atoms with Crippen LogP contribution in [0.15, 0.2) is 6.20 Å². The number of carbonyl (C=O) groups is 3. The van der Waals surface area contributed by atoms with Crippen molar-refractivity contribution in [2.45, 2.75) is 20.3 Å². The molecule has 0 atom stereocenters. The predicted molar refractivity (Wildman–Crippen MR) is 104 cm³/mol. The minimum Gasteiger partial charge on any atom is -0.462 e. The summed E-state index contributed by atoms with van der Waals surface area (Å²) in [6, 6.07) is 0. The first-order chi connectivity index (χ1) is 12.7. The number of nitrogens with zero attached hydrogens (tertiary/aromatic N) is 3. The van der Waals surface area contributed by atoms with Gasteiger partial charge in [0.2, 0.25) is 0 Å². The SMILES string of the molecule is CCCOC(=O)c1c(NC(=O)c2nn(C)cc2Cl)sc(C(=O)N(C)C)c1C. The lowest BCUT2D eigenvalue weighted by Crippen LogP contribution is -2.21. The highest BCUT2D eigenvalue weighted by atomic mass is 35.5. The summed E-state index contributed by atoms with van der Waals surface area (Å²) in [6.07, 6.45) is 2.15. The van der Waals surface area contributed by atoms with Crippen LogP contribution in [0, 0.1) is 6.92 Å². The minimum atomic E-state index is -0.592. The number of anilines is 1. The van der Waals surface area contributed by atoms with Crippen LogP contribution in [0.5, 0.6) is 0 Å². The van der Waals surface area contributed by atoms with E-state index in [0.29, 0.717) is 16.9 Å². The number of carbonyl (C=O) groups excluding carboxylic acids is 3. The van der Waals surface area contributed by atoms with Crippen molar-refractivity contribution in [3.63, 3.8) is 0 Å². The fourth-order valence-corrected chi connectivity index (χ4v) is 3.77. The summed E-state index contributed by atoms with van der Waals surface area (Å²) in [4.78, 5) is 39.2. The summed E-state index contributed by atoms with van der Waals surface area (Å²) >= 11 is 7.03. The Morgan fingerprint density at radius 2 is 2.04 bits per heavy atom. The molecule has 10 heteroatoms. The Balaban J connectivity index is 2.45. The molecule has 2 aromatic rings. The first-order valence-electron chi connectivity index (χ1n) is 8.20. The molecule has 2 aromatic heterocycles. The van der Waals surface area contributed by atoms with Crippen LogP contribution in [0.4, 0.5) is 5.00 Å². The molecular formula is C17H21ClN4O4S. The number of hydrogen-bond acceptors (Lipinski definition) is 6. The van der Waals surface area contributed by atoms with E-state index in [9.17, 15) is 14.4 Å². The van der Waals surface area contributed by atoms with Gasteiger partial charge < -0.3 is 15.0 Å². The maximum absolute atomic E-state index is 12.5. The molecule has 2 rings (SSSR count). The van der Waals surface area contributed by atoms with Crippen molar-refractivity contribution in [3.05, 3.63) is 32.9 Å². The monoisotopic (exact) mass is 412 g/mol. The molecule has 0 spiro atoms. The number of thiophene rings is 1. The second-order valence-electron chi connectivity index (χ2n) is 6.05. The molecule has 146 valence electrons. The normalized spacial score (nSPS) is 10.6. The van der Waals surface area contributed by atoms with Crippen LogP contribution in [0.1, 0.15) is 49.4 Å². The van der Waals surface area contributed by atoms with E-state index in [1.807, 2.05) is 6.92 Å². The van der Waals surface area contributed by atoms with E-state index in [1.54, 1.807) is 28.1 Å². The number of esters is 1. The maximum atomic E-state index is 12.5. The number of hydrogen-bond donors (Lipinski definition) is 1. The number of nitrogens with one attached hydrogen (secondary N) is 1. The van der Waals surface area contributed by atoms with Gasteiger partial charge in [0.15, 0.2) is 5.69 Å². The van der Waals surface area contributed by atoms with Crippen molar-refractivity contribution in [2.75, 3.05) is 26.0 Å². The molecule has 0 aliphatic carbocycles. The van der Waals surface area contributed by atoms with Crippen LogP contribution >= 0.6 is 22.9 Å². The zero-order valence-electron chi connectivity index (χ0n) is 15.8. The van der Waals surface area contributed by atoms with Crippen LogP contribution in [-0.2, 0) is 11.8 Å². The van der Waals surface area contributed by atoms with Gasteiger partial charge in [0.05, 0.1) is 22.1 Å². The van der Waals surface area contributed by atoms with E-state index in [1.165, 1.54) is 15.8 Å². The smallest absolute Gasteiger partial charge is 0.341 e.